The zero-order valence-electron chi connectivity index (χ0n) is 16.3. The average Bonchev–Trinajstić information content (AvgIpc) is 3.29. The van der Waals surface area contributed by atoms with E-state index in [0.717, 1.165) is 17.7 Å². The Morgan fingerprint density at radius 1 is 0.806 bits per heavy atom. The maximum absolute atomic E-state index is 14.0. The second-order valence-corrected chi connectivity index (χ2v) is 7.58. The lowest BCUT2D eigenvalue weighted by molar-refractivity contribution is -0.143. The molecule has 156 valence electrons. The van der Waals surface area contributed by atoms with E-state index in [2.05, 4.69) is 0 Å². The number of carbonyl (C=O) groups excluding carboxylic acids is 2. The lowest BCUT2D eigenvalue weighted by Crippen LogP contribution is -2.37. The van der Waals surface area contributed by atoms with E-state index in [1.807, 2.05) is 36.4 Å². The molecule has 0 radical (unpaired) electrons. The Morgan fingerprint density at radius 2 is 1.48 bits per heavy atom. The van der Waals surface area contributed by atoms with Crippen molar-refractivity contribution in [1.29, 1.82) is 0 Å². The Balaban J connectivity index is 1.54. The highest BCUT2D eigenvalue weighted by atomic mass is 19.2. The zero-order valence-corrected chi connectivity index (χ0v) is 16.3. The summed E-state index contributed by atoms with van der Waals surface area (Å²) in [6.45, 7) is 0.130. The lowest BCUT2D eigenvalue weighted by atomic mass is 9.90. The first kappa shape index (κ1) is 19.4. The Morgan fingerprint density at radius 3 is 2.16 bits per heavy atom. The van der Waals surface area contributed by atoms with Crippen LogP contribution in [0, 0.1) is 17.6 Å². The number of likely N-dealkylation sites (tertiary alicyclic amines) is 1. The lowest BCUT2D eigenvalue weighted by Gasteiger charge is -2.28. The molecular weight excluding hydrogens is 402 g/mol. The summed E-state index contributed by atoms with van der Waals surface area (Å²) in [4.78, 5) is 33.6. The van der Waals surface area contributed by atoms with Crippen LogP contribution in [0.5, 0.6) is 0 Å². The van der Waals surface area contributed by atoms with Gasteiger partial charge in [0.25, 0.3) is 5.91 Å². The minimum Gasteiger partial charge on any atom is -0.275 e. The van der Waals surface area contributed by atoms with Crippen LogP contribution < -0.4 is 5.06 Å². The van der Waals surface area contributed by atoms with Gasteiger partial charge in [-0.1, -0.05) is 54.6 Å². The van der Waals surface area contributed by atoms with Crippen molar-refractivity contribution in [2.75, 3.05) is 5.06 Å². The molecule has 0 unspecified atom stereocenters. The smallest absolute Gasteiger partial charge is 0.262 e. The van der Waals surface area contributed by atoms with Crippen molar-refractivity contribution in [2.45, 2.75) is 18.7 Å². The van der Waals surface area contributed by atoms with Crippen molar-refractivity contribution in [2.24, 2.45) is 5.92 Å². The van der Waals surface area contributed by atoms with Crippen molar-refractivity contribution >= 4 is 17.5 Å². The van der Waals surface area contributed by atoms with Crippen molar-refractivity contribution in [3.05, 3.63) is 102 Å². The number of imide groups is 1. The summed E-state index contributed by atoms with van der Waals surface area (Å²) in [7, 11) is 0. The molecule has 31 heavy (non-hydrogen) atoms. The molecular formula is C24H18F2N2O3. The summed E-state index contributed by atoms with van der Waals surface area (Å²) >= 11 is 0. The molecule has 0 N–H and O–H groups in total. The first-order valence-corrected chi connectivity index (χ1v) is 9.90. The van der Waals surface area contributed by atoms with Gasteiger partial charge in [0.05, 0.1) is 18.3 Å². The molecule has 2 fully saturated rings. The third-order valence-electron chi connectivity index (χ3n) is 5.69. The predicted molar refractivity (Wildman–Crippen MR) is 108 cm³/mol. The van der Waals surface area contributed by atoms with E-state index in [-0.39, 0.29) is 6.54 Å². The number of para-hydroxylation sites is 1. The summed E-state index contributed by atoms with van der Waals surface area (Å²) in [5, 5.41) is 1.46. The SMILES string of the molecule is O=C1[C@H]2[C@H](ON(c3ccccc3)[C@@H]2c2ccc(F)c(F)c2)C(=O)N1Cc1ccccc1. The number of carbonyl (C=O) groups is 2. The average molecular weight is 420 g/mol. The molecule has 2 aliphatic rings. The normalized spacial score (nSPS) is 22.8. The number of hydrogen-bond donors (Lipinski definition) is 0. The molecule has 2 amide bonds. The third-order valence-corrected chi connectivity index (χ3v) is 5.69. The zero-order chi connectivity index (χ0) is 21.5. The standard InChI is InChI=1S/C24H18F2N2O3/c25-18-12-11-16(13-19(18)26)21-20-22(31-28(21)17-9-5-2-6-10-17)24(30)27(23(20)29)14-15-7-3-1-4-8-15/h1-13,20-22H,14H2/t20-,21-,22+/m1/s1. The highest BCUT2D eigenvalue weighted by Gasteiger charge is 2.59. The van der Waals surface area contributed by atoms with Crippen LogP contribution in [0.1, 0.15) is 17.2 Å². The van der Waals surface area contributed by atoms with Crippen molar-refractivity contribution in [3.63, 3.8) is 0 Å². The Hall–Kier alpha value is -3.58. The van der Waals surface area contributed by atoms with Crippen LogP contribution in [0.3, 0.4) is 0 Å². The van der Waals surface area contributed by atoms with E-state index < -0.39 is 41.5 Å². The van der Waals surface area contributed by atoms with Crippen LogP contribution in [0.25, 0.3) is 0 Å². The minimum atomic E-state index is -1.03. The second kappa shape index (κ2) is 7.59. The van der Waals surface area contributed by atoms with Crippen molar-refractivity contribution in [1.82, 2.24) is 4.90 Å². The summed E-state index contributed by atoms with van der Waals surface area (Å²) in [5.74, 6) is -3.71. The van der Waals surface area contributed by atoms with Gasteiger partial charge in [-0.2, -0.15) is 0 Å². The fourth-order valence-corrected chi connectivity index (χ4v) is 4.23. The van der Waals surface area contributed by atoms with Gasteiger partial charge in [0.2, 0.25) is 5.91 Å². The van der Waals surface area contributed by atoms with Gasteiger partial charge in [0.15, 0.2) is 17.7 Å². The molecule has 3 aromatic rings. The quantitative estimate of drug-likeness (QED) is 0.599. The van der Waals surface area contributed by atoms with E-state index in [1.54, 1.807) is 24.3 Å². The molecule has 3 aromatic carbocycles. The number of rotatable bonds is 4. The molecule has 0 spiro atoms. The molecule has 0 saturated carbocycles. The van der Waals surface area contributed by atoms with Gasteiger partial charge in [-0.25, -0.2) is 13.8 Å². The number of amides is 2. The second-order valence-electron chi connectivity index (χ2n) is 7.58. The fraction of sp³-hybridized carbons (Fsp3) is 0.167. The number of anilines is 1. The van der Waals surface area contributed by atoms with Crippen molar-refractivity contribution < 1.29 is 23.2 Å². The molecule has 5 nitrogen and oxygen atoms in total. The van der Waals surface area contributed by atoms with Crippen LogP contribution in [-0.2, 0) is 21.0 Å². The van der Waals surface area contributed by atoms with E-state index in [9.17, 15) is 18.4 Å². The van der Waals surface area contributed by atoms with E-state index in [0.29, 0.717) is 11.3 Å². The Labute approximate surface area is 177 Å². The summed E-state index contributed by atoms with van der Waals surface area (Å²) in [6.07, 6.45) is -1.03. The van der Waals surface area contributed by atoms with Crippen LogP contribution in [0.4, 0.5) is 14.5 Å². The van der Waals surface area contributed by atoms with Gasteiger partial charge in [0.1, 0.15) is 5.92 Å². The number of benzene rings is 3. The van der Waals surface area contributed by atoms with E-state index >= 15 is 0 Å². The summed E-state index contributed by atoms with van der Waals surface area (Å²) in [6, 6.07) is 20.8. The fourth-order valence-electron chi connectivity index (χ4n) is 4.23. The molecule has 0 aromatic heterocycles. The van der Waals surface area contributed by atoms with Crippen LogP contribution in [-0.4, -0.2) is 22.8 Å². The van der Waals surface area contributed by atoms with E-state index in [1.165, 1.54) is 16.0 Å². The first-order chi connectivity index (χ1) is 15.0. The summed E-state index contributed by atoms with van der Waals surface area (Å²) in [5.41, 5.74) is 1.79. The van der Waals surface area contributed by atoms with Gasteiger partial charge in [0, 0.05) is 0 Å². The minimum absolute atomic E-state index is 0.130. The molecule has 0 bridgehead atoms. The predicted octanol–water partition coefficient (Wildman–Crippen LogP) is 4.01. The molecule has 2 aliphatic heterocycles. The van der Waals surface area contributed by atoms with Gasteiger partial charge in [-0.05, 0) is 35.4 Å². The molecule has 3 atom stereocenters. The maximum Gasteiger partial charge on any atom is 0.262 e. The highest BCUT2D eigenvalue weighted by Crippen LogP contribution is 2.47. The van der Waals surface area contributed by atoms with Crippen LogP contribution >= 0.6 is 0 Å². The number of hydroxylamine groups is 1. The number of halogens is 2. The highest BCUT2D eigenvalue weighted by molar-refractivity contribution is 6.07. The number of hydrogen-bond acceptors (Lipinski definition) is 4. The Bertz CT molecular complexity index is 1140. The van der Waals surface area contributed by atoms with Gasteiger partial charge >= 0.3 is 0 Å². The molecule has 7 heteroatoms. The topological polar surface area (TPSA) is 49.9 Å². The Kier molecular flexibility index (Phi) is 4.75. The molecule has 5 rings (SSSR count). The van der Waals surface area contributed by atoms with Crippen LogP contribution in [0.2, 0.25) is 0 Å². The van der Waals surface area contributed by atoms with Crippen molar-refractivity contribution in [3.8, 4) is 0 Å². The van der Waals surface area contributed by atoms with E-state index in [4.69, 9.17) is 4.84 Å². The van der Waals surface area contributed by atoms with Gasteiger partial charge in [-0.3, -0.25) is 19.3 Å². The van der Waals surface area contributed by atoms with Crippen LogP contribution in [0.15, 0.2) is 78.9 Å². The number of fused-ring (bicyclic) bond motifs is 1. The first-order valence-electron chi connectivity index (χ1n) is 9.90. The molecule has 2 heterocycles. The van der Waals surface area contributed by atoms with Gasteiger partial charge in [-0.15, -0.1) is 0 Å². The maximum atomic E-state index is 14.0. The summed E-state index contributed by atoms with van der Waals surface area (Å²) < 4.78 is 27.6. The largest absolute Gasteiger partial charge is 0.275 e. The van der Waals surface area contributed by atoms with Gasteiger partial charge < -0.3 is 0 Å². The number of nitrogens with zero attached hydrogens (tertiary/aromatic N) is 2. The third kappa shape index (κ3) is 3.27. The molecule has 2 saturated heterocycles. The monoisotopic (exact) mass is 420 g/mol. The molecule has 0 aliphatic carbocycles.